The van der Waals surface area contributed by atoms with Crippen LogP contribution in [0.25, 0.3) is 21.3 Å². The number of pyridine rings is 1. The van der Waals surface area contributed by atoms with E-state index in [0.29, 0.717) is 61.3 Å². The highest BCUT2D eigenvalue weighted by molar-refractivity contribution is 7.22. The van der Waals surface area contributed by atoms with E-state index >= 15 is 0 Å². The summed E-state index contributed by atoms with van der Waals surface area (Å²) in [6.45, 7) is 14.2. The van der Waals surface area contributed by atoms with Crippen molar-refractivity contribution >= 4 is 50.3 Å². The van der Waals surface area contributed by atoms with E-state index in [0.717, 1.165) is 82.4 Å². The molecule has 11 nitrogen and oxygen atoms in total. The number of carboxylic acids is 1. The summed E-state index contributed by atoms with van der Waals surface area (Å²) < 4.78 is 12.4. The molecule has 4 heterocycles. The number of para-hydroxylation sites is 1. The summed E-state index contributed by atoms with van der Waals surface area (Å²) in [7, 11) is 0. The Hall–Kier alpha value is -5.17. The average Bonchev–Trinajstić information content (AvgIpc) is 3.62. The summed E-state index contributed by atoms with van der Waals surface area (Å²) in [4.78, 5) is 52.5. The average molecular weight is 804 g/mol. The number of benzene rings is 3. The van der Waals surface area contributed by atoms with Crippen LogP contribution in [0, 0.1) is 6.92 Å². The number of hydrogen-bond donors (Lipinski definition) is 2. The van der Waals surface area contributed by atoms with Crippen LogP contribution in [0.4, 0.5) is 10.9 Å². The van der Waals surface area contributed by atoms with E-state index in [1.54, 1.807) is 0 Å². The third-order valence-corrected chi connectivity index (χ3v) is 12.2. The number of thiazole rings is 1. The van der Waals surface area contributed by atoms with Crippen molar-refractivity contribution in [2.45, 2.75) is 84.8 Å². The van der Waals surface area contributed by atoms with Gasteiger partial charge >= 0.3 is 11.9 Å². The quantitative estimate of drug-likeness (QED) is 0.0883. The number of likely N-dealkylation sites (tertiary alicyclic amines) is 1. The molecule has 0 aliphatic carbocycles. The number of ether oxygens (including phenoxy) is 2. The maximum absolute atomic E-state index is 13.7. The van der Waals surface area contributed by atoms with Crippen molar-refractivity contribution in [1.82, 2.24) is 14.9 Å². The van der Waals surface area contributed by atoms with E-state index < -0.39 is 11.4 Å². The Balaban J connectivity index is 1.09. The van der Waals surface area contributed by atoms with Gasteiger partial charge in [-0.1, -0.05) is 74.6 Å². The molecule has 1 saturated heterocycles. The van der Waals surface area contributed by atoms with Crippen molar-refractivity contribution in [3.05, 3.63) is 106 Å². The lowest BCUT2D eigenvalue weighted by atomic mass is 9.79. The Morgan fingerprint density at radius 1 is 0.983 bits per heavy atom. The molecule has 7 rings (SSSR count). The zero-order valence-electron chi connectivity index (χ0n) is 34.1. The highest BCUT2D eigenvalue weighted by atomic mass is 32.1. The molecular weight excluding hydrogens is 751 g/mol. The zero-order valence-corrected chi connectivity index (χ0v) is 34.9. The number of aromatic carboxylic acids is 1. The van der Waals surface area contributed by atoms with Crippen LogP contribution in [0.1, 0.15) is 95.6 Å². The molecule has 0 bridgehead atoms. The zero-order chi connectivity index (χ0) is 41.0. The van der Waals surface area contributed by atoms with Gasteiger partial charge in [0.15, 0.2) is 10.8 Å². The first kappa shape index (κ1) is 41.0. The lowest BCUT2D eigenvalue weighted by Gasteiger charge is -2.33. The topological polar surface area (TPSA) is 134 Å². The molecule has 1 fully saturated rings. The highest BCUT2D eigenvalue weighted by Gasteiger charge is 2.31. The van der Waals surface area contributed by atoms with Gasteiger partial charge in [0.1, 0.15) is 5.82 Å². The summed E-state index contributed by atoms with van der Waals surface area (Å²) in [5.74, 6) is -0.904. The van der Waals surface area contributed by atoms with Crippen molar-refractivity contribution in [3.63, 3.8) is 0 Å². The van der Waals surface area contributed by atoms with Crippen LogP contribution in [0.5, 0.6) is 0 Å². The maximum Gasteiger partial charge on any atom is 0.355 e. The molecule has 2 N–H and O–H groups in total. The number of fused-ring (bicyclic) bond motifs is 2. The summed E-state index contributed by atoms with van der Waals surface area (Å²) in [5.41, 5.74) is 7.61. The number of rotatable bonds is 13. The van der Waals surface area contributed by atoms with Crippen LogP contribution in [-0.4, -0.2) is 83.3 Å². The molecule has 304 valence electrons. The van der Waals surface area contributed by atoms with Gasteiger partial charge in [0.25, 0.3) is 5.91 Å². The molecule has 0 atom stereocenters. The number of carbonyl (C=O) groups is 3. The molecule has 0 radical (unpaired) electrons. The molecule has 2 aliphatic rings. The lowest BCUT2D eigenvalue weighted by Crippen LogP contribution is -2.40. The minimum atomic E-state index is -1.08. The van der Waals surface area contributed by atoms with Crippen LogP contribution in [0.3, 0.4) is 0 Å². The number of esters is 1. The largest absolute Gasteiger partial charge is 0.476 e. The van der Waals surface area contributed by atoms with Crippen LogP contribution < -0.4 is 10.2 Å². The Morgan fingerprint density at radius 3 is 2.50 bits per heavy atom. The van der Waals surface area contributed by atoms with Gasteiger partial charge in [-0.2, -0.15) is 0 Å². The normalized spacial score (nSPS) is 15.0. The first-order valence-electron chi connectivity index (χ1n) is 20.3. The second-order valence-electron chi connectivity index (χ2n) is 16.2. The summed E-state index contributed by atoms with van der Waals surface area (Å²) >= 11 is 1.44. The molecule has 1 amide bonds. The first-order chi connectivity index (χ1) is 27.9. The smallest absolute Gasteiger partial charge is 0.355 e. The van der Waals surface area contributed by atoms with Gasteiger partial charge in [-0.3, -0.25) is 19.8 Å². The number of piperidine rings is 1. The van der Waals surface area contributed by atoms with E-state index in [2.05, 4.69) is 66.0 Å². The monoisotopic (exact) mass is 803 g/mol. The molecule has 2 aliphatic heterocycles. The molecule has 0 spiro atoms. The highest BCUT2D eigenvalue weighted by Crippen LogP contribution is 2.40. The minimum Gasteiger partial charge on any atom is -0.476 e. The number of amides is 1. The van der Waals surface area contributed by atoms with Crippen LogP contribution in [-0.2, 0) is 39.1 Å². The second kappa shape index (κ2) is 17.8. The van der Waals surface area contributed by atoms with Gasteiger partial charge in [0.2, 0.25) is 0 Å². The minimum absolute atomic E-state index is 0.0213. The Kier molecular flexibility index (Phi) is 12.6. The molecule has 5 aromatic rings. The third-order valence-electron chi connectivity index (χ3n) is 11.2. The van der Waals surface area contributed by atoms with E-state index in [-0.39, 0.29) is 23.7 Å². The third kappa shape index (κ3) is 9.25. The van der Waals surface area contributed by atoms with Gasteiger partial charge in [0.05, 0.1) is 29.5 Å². The Labute approximate surface area is 344 Å². The van der Waals surface area contributed by atoms with Crippen molar-refractivity contribution in [2.24, 2.45) is 0 Å². The van der Waals surface area contributed by atoms with E-state index in [9.17, 15) is 19.5 Å². The SMILES string of the molecule is CCOC(=O)CN1CCC(OCCCc2cccc(-c3c(C(C)(C)C)cc(N4CCc5cccc(C(=O)Nc6nc7ccccc7s6)c5C4)nc3C(=O)O)c2C)CC1. The summed E-state index contributed by atoms with van der Waals surface area (Å²) in [6.07, 6.45) is 4.26. The van der Waals surface area contributed by atoms with Crippen molar-refractivity contribution in [3.8, 4) is 11.1 Å². The number of aromatic nitrogens is 2. The van der Waals surface area contributed by atoms with E-state index in [1.165, 1.54) is 11.3 Å². The fraction of sp³-hybridized carbons (Fsp3) is 0.413. The number of hydrogen-bond acceptors (Lipinski definition) is 10. The van der Waals surface area contributed by atoms with E-state index in [4.69, 9.17) is 14.5 Å². The number of carbonyl (C=O) groups excluding carboxylic acids is 2. The molecule has 0 saturated carbocycles. The Bertz CT molecular complexity index is 2270. The fourth-order valence-electron chi connectivity index (χ4n) is 8.15. The molecular formula is C46H53N5O6S. The van der Waals surface area contributed by atoms with Crippen LogP contribution >= 0.6 is 11.3 Å². The van der Waals surface area contributed by atoms with E-state index in [1.807, 2.05) is 55.5 Å². The summed E-state index contributed by atoms with van der Waals surface area (Å²) in [5, 5.41) is 14.3. The van der Waals surface area contributed by atoms with Crippen molar-refractivity contribution in [1.29, 1.82) is 0 Å². The second-order valence-corrected chi connectivity index (χ2v) is 17.2. The van der Waals surface area contributed by atoms with Gasteiger partial charge in [-0.15, -0.1) is 0 Å². The predicted octanol–water partition coefficient (Wildman–Crippen LogP) is 8.45. The lowest BCUT2D eigenvalue weighted by molar-refractivity contribution is -0.145. The molecule has 12 heteroatoms. The van der Waals surface area contributed by atoms with Crippen LogP contribution in [0.15, 0.2) is 66.7 Å². The number of carboxylic acid groups (broad SMARTS) is 1. The predicted molar refractivity (Wildman–Crippen MR) is 229 cm³/mol. The number of nitrogens with one attached hydrogen (secondary N) is 1. The number of aryl methyl sites for hydroxylation is 1. The Morgan fingerprint density at radius 2 is 1.76 bits per heavy atom. The molecule has 0 unspecified atom stereocenters. The standard InChI is InChI=1S/C46H53N5O6S/c1-6-56-40(52)28-50-22-20-32(21-23-50)57-25-11-14-30-12-9-15-33(29(30)2)41-36(46(3,4)5)26-39(48-42(41)44(54)55)51-24-19-31-13-10-16-34(35(31)27-51)43(53)49-45-47-37-17-7-8-18-38(37)58-45/h7-10,12-13,15-18,26,32H,6,11,14,19-25,27-28H2,1-5H3,(H,54,55)(H,47,49,53). The van der Waals surface area contributed by atoms with Gasteiger partial charge < -0.3 is 19.5 Å². The van der Waals surface area contributed by atoms with Crippen molar-refractivity contribution < 1.29 is 29.0 Å². The van der Waals surface area contributed by atoms with Crippen LogP contribution in [0.2, 0.25) is 0 Å². The molecule has 58 heavy (non-hydrogen) atoms. The van der Waals surface area contributed by atoms with Gasteiger partial charge in [-0.05, 0) is 109 Å². The number of anilines is 2. The fourth-order valence-corrected chi connectivity index (χ4v) is 9.01. The number of nitrogens with zero attached hydrogens (tertiary/aromatic N) is 4. The van der Waals surface area contributed by atoms with Gasteiger partial charge in [0, 0.05) is 43.9 Å². The van der Waals surface area contributed by atoms with Gasteiger partial charge in [-0.25, -0.2) is 14.8 Å². The summed E-state index contributed by atoms with van der Waals surface area (Å²) in [6, 6.07) is 21.8. The maximum atomic E-state index is 13.7. The molecule has 2 aromatic heterocycles. The first-order valence-corrected chi connectivity index (χ1v) is 21.1. The molecule has 3 aromatic carbocycles. The van der Waals surface area contributed by atoms with Crippen molar-refractivity contribution in [2.75, 3.05) is 49.6 Å².